The molecule has 2 rings (SSSR count). The third kappa shape index (κ3) is 2.52. The van der Waals surface area contributed by atoms with Crippen molar-refractivity contribution in [3.63, 3.8) is 0 Å². The first kappa shape index (κ1) is 11.0. The maximum absolute atomic E-state index is 13.0. The van der Waals surface area contributed by atoms with Gasteiger partial charge in [0.2, 0.25) is 0 Å². The van der Waals surface area contributed by atoms with Gasteiger partial charge in [-0.15, -0.1) is 11.8 Å². The van der Waals surface area contributed by atoms with E-state index in [0.29, 0.717) is 11.4 Å². The van der Waals surface area contributed by atoms with E-state index in [2.05, 4.69) is 12.2 Å². The van der Waals surface area contributed by atoms with Crippen LogP contribution in [0.25, 0.3) is 0 Å². The maximum atomic E-state index is 13.0. The van der Waals surface area contributed by atoms with Gasteiger partial charge in [0.25, 0.3) is 0 Å². The Kier molecular flexibility index (Phi) is 3.32. The van der Waals surface area contributed by atoms with Crippen molar-refractivity contribution >= 4 is 11.8 Å². The van der Waals surface area contributed by atoms with Crippen molar-refractivity contribution < 1.29 is 4.39 Å². The minimum Gasteiger partial charge on any atom is -0.299 e. The van der Waals surface area contributed by atoms with Gasteiger partial charge in [0, 0.05) is 6.04 Å². The summed E-state index contributed by atoms with van der Waals surface area (Å²) in [6, 6.07) is 5.61. The van der Waals surface area contributed by atoms with Crippen LogP contribution in [0, 0.1) is 12.7 Å². The van der Waals surface area contributed by atoms with E-state index in [-0.39, 0.29) is 5.82 Å². The molecule has 0 bridgehead atoms. The molecule has 15 heavy (non-hydrogen) atoms. The van der Waals surface area contributed by atoms with Gasteiger partial charge in [0.15, 0.2) is 0 Å². The lowest BCUT2D eigenvalue weighted by atomic mass is 10.1. The second-order valence-corrected chi connectivity index (χ2v) is 5.32. The zero-order valence-electron chi connectivity index (χ0n) is 9.09. The Labute approximate surface area is 94.5 Å². The zero-order chi connectivity index (χ0) is 10.8. The topological polar surface area (TPSA) is 12.0 Å². The number of thioether (sulfide) groups is 1. The molecule has 3 heteroatoms. The summed E-state index contributed by atoms with van der Waals surface area (Å²) in [7, 11) is 0. The van der Waals surface area contributed by atoms with Gasteiger partial charge in [-0.05, 0) is 49.3 Å². The van der Waals surface area contributed by atoms with Gasteiger partial charge >= 0.3 is 0 Å². The molecular formula is C12H16FNS. The Balaban J connectivity index is 2.21. The second kappa shape index (κ2) is 4.54. The van der Waals surface area contributed by atoms with Crippen LogP contribution < -0.4 is 5.32 Å². The van der Waals surface area contributed by atoms with Crippen LogP contribution in [0.1, 0.15) is 29.8 Å². The highest BCUT2D eigenvalue weighted by Crippen LogP contribution is 2.33. The Morgan fingerprint density at radius 2 is 2.27 bits per heavy atom. The number of hydrogen-bond acceptors (Lipinski definition) is 2. The molecule has 0 saturated carbocycles. The molecule has 1 aliphatic rings. The van der Waals surface area contributed by atoms with Gasteiger partial charge in [-0.1, -0.05) is 6.07 Å². The highest BCUT2D eigenvalue weighted by atomic mass is 32.2. The summed E-state index contributed by atoms with van der Waals surface area (Å²) in [4.78, 5) is 0. The van der Waals surface area contributed by atoms with Gasteiger partial charge in [0.05, 0.1) is 5.37 Å². The van der Waals surface area contributed by atoms with Crippen molar-refractivity contribution in [3.05, 3.63) is 35.1 Å². The first-order chi connectivity index (χ1) is 7.16. The zero-order valence-corrected chi connectivity index (χ0v) is 9.90. The van der Waals surface area contributed by atoms with Crippen LogP contribution in [0.2, 0.25) is 0 Å². The number of benzene rings is 1. The largest absolute Gasteiger partial charge is 0.299 e. The summed E-state index contributed by atoms with van der Waals surface area (Å²) in [6.07, 6.45) is 1.21. The second-order valence-electron chi connectivity index (χ2n) is 4.11. The summed E-state index contributed by atoms with van der Waals surface area (Å²) in [5.74, 6) is 1.03. The van der Waals surface area contributed by atoms with Gasteiger partial charge in [0.1, 0.15) is 5.82 Å². The van der Waals surface area contributed by atoms with E-state index in [1.165, 1.54) is 17.7 Å². The SMILES string of the molecule is Cc1cc(F)ccc1C1NC(C)CCS1. The summed E-state index contributed by atoms with van der Waals surface area (Å²) in [5, 5.41) is 3.86. The van der Waals surface area contributed by atoms with Crippen molar-refractivity contribution in [3.8, 4) is 0 Å². The van der Waals surface area contributed by atoms with E-state index in [9.17, 15) is 4.39 Å². The van der Waals surface area contributed by atoms with Crippen LogP contribution >= 0.6 is 11.8 Å². The maximum Gasteiger partial charge on any atom is 0.123 e. The molecule has 2 unspecified atom stereocenters. The fraction of sp³-hybridized carbons (Fsp3) is 0.500. The molecule has 0 radical (unpaired) electrons. The van der Waals surface area contributed by atoms with Gasteiger partial charge in [-0.3, -0.25) is 5.32 Å². The minimum absolute atomic E-state index is 0.148. The van der Waals surface area contributed by atoms with Crippen molar-refractivity contribution in [2.24, 2.45) is 0 Å². The average Bonchev–Trinajstić information content (AvgIpc) is 2.17. The standard InChI is InChI=1S/C12H16FNS/c1-8-7-10(13)3-4-11(8)12-14-9(2)5-6-15-12/h3-4,7,9,12,14H,5-6H2,1-2H3. The summed E-state index contributed by atoms with van der Waals surface area (Å²) in [5.41, 5.74) is 2.25. The molecule has 1 fully saturated rings. The van der Waals surface area contributed by atoms with E-state index < -0.39 is 0 Å². The van der Waals surface area contributed by atoms with E-state index in [1.54, 1.807) is 12.1 Å². The van der Waals surface area contributed by atoms with E-state index in [4.69, 9.17) is 0 Å². The van der Waals surface area contributed by atoms with Crippen LogP contribution in [-0.2, 0) is 0 Å². The molecule has 1 aliphatic heterocycles. The molecule has 1 saturated heterocycles. The van der Waals surface area contributed by atoms with Crippen molar-refractivity contribution in [1.82, 2.24) is 5.32 Å². The molecule has 0 aliphatic carbocycles. The number of nitrogens with one attached hydrogen (secondary N) is 1. The van der Waals surface area contributed by atoms with Crippen LogP contribution in [0.3, 0.4) is 0 Å². The number of aryl methyl sites for hydroxylation is 1. The van der Waals surface area contributed by atoms with Crippen LogP contribution in [0.4, 0.5) is 4.39 Å². The average molecular weight is 225 g/mol. The highest BCUT2D eigenvalue weighted by molar-refractivity contribution is 7.99. The van der Waals surface area contributed by atoms with Crippen molar-refractivity contribution in [1.29, 1.82) is 0 Å². The Morgan fingerprint density at radius 3 is 2.93 bits per heavy atom. The molecule has 0 spiro atoms. The predicted molar refractivity (Wildman–Crippen MR) is 63.6 cm³/mol. The van der Waals surface area contributed by atoms with Crippen LogP contribution in [-0.4, -0.2) is 11.8 Å². The van der Waals surface area contributed by atoms with Crippen molar-refractivity contribution in [2.45, 2.75) is 31.7 Å². The van der Waals surface area contributed by atoms with Crippen LogP contribution in [0.15, 0.2) is 18.2 Å². The third-order valence-electron chi connectivity index (χ3n) is 2.79. The summed E-state index contributed by atoms with van der Waals surface area (Å²) < 4.78 is 13.0. The normalized spacial score (nSPS) is 26.6. The lowest BCUT2D eigenvalue weighted by molar-refractivity contribution is 0.510. The summed E-state index contributed by atoms with van der Waals surface area (Å²) in [6.45, 7) is 4.17. The monoisotopic (exact) mass is 225 g/mol. The molecule has 1 aromatic rings. The smallest absolute Gasteiger partial charge is 0.123 e. The van der Waals surface area contributed by atoms with Crippen LogP contribution in [0.5, 0.6) is 0 Å². The molecule has 1 aromatic carbocycles. The fourth-order valence-corrected chi connectivity index (χ4v) is 3.36. The number of halogens is 1. The molecule has 1 heterocycles. The first-order valence-electron chi connectivity index (χ1n) is 5.30. The Morgan fingerprint density at radius 1 is 1.47 bits per heavy atom. The Bertz CT molecular complexity index is 353. The Hall–Kier alpha value is -0.540. The quantitative estimate of drug-likeness (QED) is 0.787. The number of rotatable bonds is 1. The molecular weight excluding hydrogens is 209 g/mol. The predicted octanol–water partition coefficient (Wildman–Crippen LogP) is 3.25. The lowest BCUT2D eigenvalue weighted by Crippen LogP contribution is -2.33. The third-order valence-corrected chi connectivity index (χ3v) is 3.98. The van der Waals surface area contributed by atoms with E-state index in [1.807, 2.05) is 24.8 Å². The van der Waals surface area contributed by atoms with Gasteiger partial charge in [-0.25, -0.2) is 4.39 Å². The van der Waals surface area contributed by atoms with Gasteiger partial charge < -0.3 is 0 Å². The molecule has 82 valence electrons. The molecule has 2 atom stereocenters. The molecule has 0 amide bonds. The first-order valence-corrected chi connectivity index (χ1v) is 6.35. The minimum atomic E-state index is -0.148. The fourth-order valence-electron chi connectivity index (χ4n) is 1.87. The van der Waals surface area contributed by atoms with Gasteiger partial charge in [-0.2, -0.15) is 0 Å². The molecule has 1 nitrogen and oxygen atoms in total. The van der Waals surface area contributed by atoms with E-state index in [0.717, 1.165) is 5.56 Å². The van der Waals surface area contributed by atoms with Crippen molar-refractivity contribution in [2.75, 3.05) is 5.75 Å². The molecule has 1 N–H and O–H groups in total. The highest BCUT2D eigenvalue weighted by Gasteiger charge is 2.21. The molecule has 0 aromatic heterocycles. The lowest BCUT2D eigenvalue weighted by Gasteiger charge is -2.29. The van der Waals surface area contributed by atoms with E-state index >= 15 is 0 Å². The summed E-state index contributed by atoms with van der Waals surface area (Å²) >= 11 is 1.91. The number of hydrogen-bond donors (Lipinski definition) is 1.